The number of allylic oxidation sites excluding steroid dienone is 2. The average molecular weight is 444 g/mol. The monoisotopic (exact) mass is 443 g/mol. The summed E-state index contributed by atoms with van der Waals surface area (Å²) in [7, 11) is 0. The highest BCUT2D eigenvalue weighted by atomic mass is 19.1. The molecule has 1 saturated carbocycles. The van der Waals surface area contributed by atoms with Crippen LogP contribution in [0.2, 0.25) is 0 Å². The Kier molecular flexibility index (Phi) is 6.56. The standard InChI is InChI=1S/C31H38FN/c1-23-20-21-27(22-31(2,26-16-11-17-26)25-14-7-4-8-15-25)33(23)30(24-12-5-3-6-13-24)28-18-9-10-19-29(28)32/h4-5,7-10,12-15,18-19,23,26-27,30H,3,6,11,16-17,20-22H2,1-2H3. The largest absolute Gasteiger partial charge is 0.287 e. The van der Waals surface area contributed by atoms with Gasteiger partial charge in [0.25, 0.3) is 0 Å². The van der Waals surface area contributed by atoms with Crippen molar-refractivity contribution in [2.45, 2.75) is 88.8 Å². The number of rotatable bonds is 7. The highest BCUT2D eigenvalue weighted by molar-refractivity contribution is 5.38. The summed E-state index contributed by atoms with van der Waals surface area (Å²) in [4.78, 5) is 2.68. The van der Waals surface area contributed by atoms with Crippen molar-refractivity contribution >= 4 is 0 Å². The van der Waals surface area contributed by atoms with Crippen LogP contribution in [0.4, 0.5) is 4.39 Å². The van der Waals surface area contributed by atoms with Crippen molar-refractivity contribution in [3.05, 3.63) is 95.3 Å². The molecule has 1 nitrogen and oxygen atoms in total. The van der Waals surface area contributed by atoms with Gasteiger partial charge in [-0.3, -0.25) is 4.90 Å². The minimum absolute atomic E-state index is 0.00772. The third-order valence-electron chi connectivity index (χ3n) is 8.78. The van der Waals surface area contributed by atoms with Gasteiger partial charge < -0.3 is 0 Å². The molecule has 2 aromatic carbocycles. The normalized spacial score (nSPS) is 26.5. The van der Waals surface area contributed by atoms with E-state index in [0.29, 0.717) is 12.1 Å². The maximum atomic E-state index is 15.2. The molecule has 2 aliphatic carbocycles. The van der Waals surface area contributed by atoms with Gasteiger partial charge in [0.05, 0.1) is 6.04 Å². The molecule has 0 amide bonds. The summed E-state index contributed by atoms with van der Waals surface area (Å²) in [6, 6.07) is 19.5. The molecule has 174 valence electrons. The lowest BCUT2D eigenvalue weighted by Crippen LogP contribution is -2.45. The van der Waals surface area contributed by atoms with Crippen LogP contribution in [0.1, 0.15) is 82.4 Å². The second-order valence-electron chi connectivity index (χ2n) is 10.8. The lowest BCUT2D eigenvalue weighted by Gasteiger charge is -2.47. The van der Waals surface area contributed by atoms with Crippen LogP contribution in [-0.2, 0) is 5.41 Å². The van der Waals surface area contributed by atoms with Gasteiger partial charge in [-0.05, 0) is 80.4 Å². The summed E-state index contributed by atoms with van der Waals surface area (Å²) in [6.45, 7) is 4.86. The van der Waals surface area contributed by atoms with Crippen LogP contribution in [0.5, 0.6) is 0 Å². The molecule has 1 heterocycles. The third kappa shape index (κ3) is 4.35. The van der Waals surface area contributed by atoms with E-state index in [-0.39, 0.29) is 17.3 Å². The van der Waals surface area contributed by atoms with Crippen LogP contribution < -0.4 is 0 Å². The number of benzene rings is 2. The van der Waals surface area contributed by atoms with Crippen LogP contribution in [0.15, 0.2) is 78.4 Å². The number of likely N-dealkylation sites (tertiary alicyclic amines) is 1. The van der Waals surface area contributed by atoms with Gasteiger partial charge in [0, 0.05) is 17.6 Å². The third-order valence-corrected chi connectivity index (χ3v) is 8.78. The van der Waals surface area contributed by atoms with E-state index in [9.17, 15) is 0 Å². The van der Waals surface area contributed by atoms with Crippen molar-refractivity contribution in [2.75, 3.05) is 0 Å². The molecule has 3 aliphatic rings. The lowest BCUT2D eigenvalue weighted by atomic mass is 9.60. The summed E-state index contributed by atoms with van der Waals surface area (Å²) in [5.41, 5.74) is 3.76. The average Bonchev–Trinajstić information content (AvgIpc) is 3.15. The zero-order chi connectivity index (χ0) is 22.8. The zero-order valence-corrected chi connectivity index (χ0v) is 20.2. The number of halogens is 1. The Morgan fingerprint density at radius 2 is 1.73 bits per heavy atom. The van der Waals surface area contributed by atoms with Gasteiger partial charge in [-0.15, -0.1) is 0 Å². The molecule has 2 aromatic rings. The zero-order valence-electron chi connectivity index (χ0n) is 20.2. The van der Waals surface area contributed by atoms with Crippen molar-refractivity contribution in [3.63, 3.8) is 0 Å². The van der Waals surface area contributed by atoms with E-state index < -0.39 is 0 Å². The van der Waals surface area contributed by atoms with Crippen molar-refractivity contribution in [1.29, 1.82) is 0 Å². The van der Waals surface area contributed by atoms with Crippen molar-refractivity contribution in [2.24, 2.45) is 5.92 Å². The molecule has 1 aliphatic heterocycles. The van der Waals surface area contributed by atoms with Gasteiger partial charge in [-0.1, -0.05) is 80.1 Å². The topological polar surface area (TPSA) is 3.24 Å². The molecule has 0 N–H and O–H groups in total. The second kappa shape index (κ2) is 9.58. The number of hydrogen-bond donors (Lipinski definition) is 0. The minimum atomic E-state index is -0.0787. The summed E-state index contributed by atoms with van der Waals surface area (Å²) in [5, 5.41) is 0. The highest BCUT2D eigenvalue weighted by Crippen LogP contribution is 2.50. The number of hydrogen-bond acceptors (Lipinski definition) is 1. The van der Waals surface area contributed by atoms with Crippen molar-refractivity contribution < 1.29 is 4.39 Å². The van der Waals surface area contributed by atoms with Crippen LogP contribution in [0, 0.1) is 11.7 Å². The maximum Gasteiger partial charge on any atom is 0.128 e. The molecular weight excluding hydrogens is 405 g/mol. The minimum Gasteiger partial charge on any atom is -0.287 e. The van der Waals surface area contributed by atoms with Crippen LogP contribution in [0.25, 0.3) is 0 Å². The van der Waals surface area contributed by atoms with E-state index in [2.05, 4.69) is 67.3 Å². The Morgan fingerprint density at radius 1 is 0.970 bits per heavy atom. The summed E-state index contributed by atoms with van der Waals surface area (Å²) in [5.74, 6) is 0.670. The first kappa shape index (κ1) is 22.6. The molecule has 0 bridgehead atoms. The first-order chi connectivity index (χ1) is 16.1. The fraction of sp³-hybridized carbons (Fsp3) is 0.484. The van der Waals surface area contributed by atoms with E-state index in [1.54, 1.807) is 6.07 Å². The van der Waals surface area contributed by atoms with E-state index in [0.717, 1.165) is 30.7 Å². The molecule has 4 atom stereocenters. The molecule has 4 unspecified atom stereocenters. The van der Waals surface area contributed by atoms with Crippen LogP contribution in [-0.4, -0.2) is 17.0 Å². The molecule has 0 spiro atoms. The van der Waals surface area contributed by atoms with Gasteiger partial charge in [-0.25, -0.2) is 4.39 Å². The Labute approximate surface area is 199 Å². The molecule has 2 fully saturated rings. The Morgan fingerprint density at radius 3 is 2.39 bits per heavy atom. The van der Waals surface area contributed by atoms with E-state index in [1.165, 1.54) is 43.2 Å². The van der Waals surface area contributed by atoms with Gasteiger partial charge in [0.2, 0.25) is 0 Å². The Balaban J connectivity index is 1.53. The van der Waals surface area contributed by atoms with Crippen LogP contribution in [0.3, 0.4) is 0 Å². The predicted octanol–water partition coefficient (Wildman–Crippen LogP) is 8.14. The predicted molar refractivity (Wildman–Crippen MR) is 136 cm³/mol. The molecule has 2 heteroatoms. The summed E-state index contributed by atoms with van der Waals surface area (Å²) in [6.07, 6.45) is 16.5. The molecular formula is C31H38FN. The molecule has 1 saturated heterocycles. The number of nitrogens with zero attached hydrogens (tertiary/aromatic N) is 1. The fourth-order valence-electron chi connectivity index (χ4n) is 6.68. The Bertz CT molecular complexity index is 1000. The van der Waals surface area contributed by atoms with E-state index >= 15 is 4.39 Å². The first-order valence-corrected chi connectivity index (χ1v) is 13.0. The second-order valence-corrected chi connectivity index (χ2v) is 10.8. The van der Waals surface area contributed by atoms with Gasteiger partial charge in [0.15, 0.2) is 0 Å². The Hall–Kier alpha value is -2.19. The van der Waals surface area contributed by atoms with Gasteiger partial charge in [0.1, 0.15) is 5.82 Å². The SMILES string of the molecule is CC1CCC(CC(C)(c2ccccc2)C2CCC2)N1C(C1=CCCC=C1)c1ccccc1F. The molecule has 5 rings (SSSR count). The molecule has 0 aromatic heterocycles. The fourth-order valence-corrected chi connectivity index (χ4v) is 6.68. The summed E-state index contributed by atoms with van der Waals surface area (Å²) < 4.78 is 15.2. The van der Waals surface area contributed by atoms with E-state index in [4.69, 9.17) is 0 Å². The lowest BCUT2D eigenvalue weighted by molar-refractivity contribution is 0.0923. The van der Waals surface area contributed by atoms with Gasteiger partial charge in [-0.2, -0.15) is 0 Å². The van der Waals surface area contributed by atoms with Crippen molar-refractivity contribution in [1.82, 2.24) is 4.90 Å². The van der Waals surface area contributed by atoms with Crippen molar-refractivity contribution in [3.8, 4) is 0 Å². The first-order valence-electron chi connectivity index (χ1n) is 13.0. The molecule has 33 heavy (non-hydrogen) atoms. The van der Waals surface area contributed by atoms with Gasteiger partial charge >= 0.3 is 0 Å². The highest BCUT2D eigenvalue weighted by Gasteiger charge is 2.46. The summed E-state index contributed by atoms with van der Waals surface area (Å²) >= 11 is 0. The molecule has 0 radical (unpaired) electrons. The smallest absolute Gasteiger partial charge is 0.128 e. The van der Waals surface area contributed by atoms with Crippen LogP contribution >= 0.6 is 0 Å². The quantitative estimate of drug-likeness (QED) is 0.417. The maximum absolute atomic E-state index is 15.2. The van der Waals surface area contributed by atoms with E-state index in [1.807, 2.05) is 18.2 Å².